The fourth-order valence-electron chi connectivity index (χ4n) is 1.59. The lowest BCUT2D eigenvalue weighted by atomic mass is 10.2. The number of hydrogen-bond donors (Lipinski definition) is 1. The first-order valence-electron chi connectivity index (χ1n) is 4.41. The van der Waals surface area contributed by atoms with Crippen molar-refractivity contribution in [3.8, 4) is 0 Å². The van der Waals surface area contributed by atoms with Gasteiger partial charge in [0.15, 0.2) is 0 Å². The van der Waals surface area contributed by atoms with Crippen LogP contribution in [0.15, 0.2) is 0 Å². The van der Waals surface area contributed by atoms with Crippen molar-refractivity contribution in [1.82, 2.24) is 0 Å². The number of aliphatic hydroxyl groups is 1. The van der Waals surface area contributed by atoms with E-state index in [2.05, 4.69) is 0 Å². The van der Waals surface area contributed by atoms with E-state index in [0.29, 0.717) is 0 Å². The Morgan fingerprint density at radius 2 is 1.54 bits per heavy atom. The monoisotopic (exact) mass is 208 g/mol. The van der Waals surface area contributed by atoms with Crippen molar-refractivity contribution in [2.45, 2.75) is 31.9 Å². The van der Waals surface area contributed by atoms with Gasteiger partial charge in [0, 0.05) is 21.3 Å². The van der Waals surface area contributed by atoms with Crippen molar-refractivity contribution in [2.24, 2.45) is 0 Å². The zero-order valence-corrected chi connectivity index (χ0v) is 10.0. The second-order valence-electron chi connectivity index (χ2n) is 2.97. The lowest BCUT2D eigenvalue weighted by Crippen LogP contribution is -2.50. The highest BCUT2D eigenvalue weighted by atomic mass is 28.4. The van der Waals surface area contributed by atoms with E-state index in [4.69, 9.17) is 13.3 Å². The minimum atomic E-state index is -2.66. The molecule has 0 amide bonds. The smallest absolute Gasteiger partial charge is 0.393 e. The van der Waals surface area contributed by atoms with Gasteiger partial charge in [0.2, 0.25) is 0 Å². The molecule has 0 rings (SSSR count). The maximum Gasteiger partial charge on any atom is 0.506 e. The van der Waals surface area contributed by atoms with Gasteiger partial charge >= 0.3 is 8.80 Å². The summed E-state index contributed by atoms with van der Waals surface area (Å²) < 4.78 is 15.9. The minimum absolute atomic E-state index is 0.0625. The van der Waals surface area contributed by atoms with Crippen molar-refractivity contribution >= 4 is 8.80 Å². The number of rotatable bonds is 6. The van der Waals surface area contributed by atoms with Crippen LogP contribution < -0.4 is 0 Å². The molecule has 0 aromatic carbocycles. The summed E-state index contributed by atoms with van der Waals surface area (Å²) in [5, 5.41) is 9.54. The van der Waals surface area contributed by atoms with E-state index in [-0.39, 0.29) is 5.54 Å². The highest BCUT2D eigenvalue weighted by Crippen LogP contribution is 2.30. The van der Waals surface area contributed by atoms with E-state index in [9.17, 15) is 5.11 Å². The van der Waals surface area contributed by atoms with Crippen LogP contribution in [0.3, 0.4) is 0 Å². The highest BCUT2D eigenvalue weighted by Gasteiger charge is 2.48. The molecule has 0 aliphatic heterocycles. The van der Waals surface area contributed by atoms with Gasteiger partial charge in [-0.2, -0.15) is 0 Å². The summed E-state index contributed by atoms with van der Waals surface area (Å²) in [5.74, 6) is 0. The molecular weight excluding hydrogens is 188 g/mol. The summed E-state index contributed by atoms with van der Waals surface area (Å²) in [6.07, 6.45) is 0.302. The van der Waals surface area contributed by atoms with E-state index in [0.717, 1.165) is 6.42 Å². The second-order valence-corrected chi connectivity index (χ2v) is 6.14. The Morgan fingerprint density at radius 1 is 1.15 bits per heavy atom. The molecule has 0 spiro atoms. The van der Waals surface area contributed by atoms with Crippen LogP contribution in [0.5, 0.6) is 0 Å². The van der Waals surface area contributed by atoms with E-state index in [1.54, 1.807) is 28.3 Å². The predicted molar refractivity (Wildman–Crippen MR) is 52.5 cm³/mol. The lowest BCUT2D eigenvalue weighted by molar-refractivity contribution is 0.0757. The maximum atomic E-state index is 9.54. The molecule has 0 heterocycles. The first-order valence-corrected chi connectivity index (χ1v) is 6.21. The van der Waals surface area contributed by atoms with Crippen molar-refractivity contribution < 1.29 is 18.4 Å². The zero-order valence-electron chi connectivity index (χ0n) is 9.03. The molecule has 80 valence electrons. The predicted octanol–water partition coefficient (Wildman–Crippen LogP) is 1.03. The van der Waals surface area contributed by atoms with Crippen LogP contribution in [-0.4, -0.2) is 41.3 Å². The second kappa shape index (κ2) is 5.72. The van der Waals surface area contributed by atoms with E-state index >= 15 is 0 Å². The van der Waals surface area contributed by atoms with Gasteiger partial charge in [-0.25, -0.2) is 0 Å². The Morgan fingerprint density at radius 3 is 1.62 bits per heavy atom. The normalized spacial score (nSPS) is 17.1. The summed E-state index contributed by atoms with van der Waals surface area (Å²) in [7, 11) is 2.02. The first-order chi connectivity index (χ1) is 6.07. The Kier molecular flexibility index (Phi) is 5.74. The van der Waals surface area contributed by atoms with Gasteiger partial charge in [-0.05, 0) is 13.3 Å². The van der Waals surface area contributed by atoms with Crippen LogP contribution in [0.1, 0.15) is 20.3 Å². The molecule has 13 heavy (non-hydrogen) atoms. The quantitative estimate of drug-likeness (QED) is 0.662. The van der Waals surface area contributed by atoms with E-state index in [1.165, 1.54) is 0 Å². The van der Waals surface area contributed by atoms with Crippen LogP contribution in [0.25, 0.3) is 0 Å². The number of aliphatic hydroxyl groups excluding tert-OH is 1. The van der Waals surface area contributed by atoms with E-state index < -0.39 is 14.9 Å². The third-order valence-corrected chi connectivity index (χ3v) is 5.84. The van der Waals surface area contributed by atoms with Crippen molar-refractivity contribution in [1.29, 1.82) is 0 Å². The van der Waals surface area contributed by atoms with Crippen molar-refractivity contribution in [3.63, 3.8) is 0 Å². The van der Waals surface area contributed by atoms with Gasteiger partial charge in [0.25, 0.3) is 0 Å². The van der Waals surface area contributed by atoms with Gasteiger partial charge in [-0.15, -0.1) is 0 Å². The molecular formula is C8H20O4Si. The third kappa shape index (κ3) is 2.75. The molecule has 2 unspecified atom stereocenters. The van der Waals surface area contributed by atoms with Crippen LogP contribution in [0, 0.1) is 0 Å². The summed E-state index contributed by atoms with van der Waals surface area (Å²) >= 11 is 0. The van der Waals surface area contributed by atoms with Gasteiger partial charge in [0.1, 0.15) is 0 Å². The van der Waals surface area contributed by atoms with Gasteiger partial charge in [-0.1, -0.05) is 6.92 Å². The minimum Gasteiger partial charge on any atom is -0.393 e. The molecule has 0 fully saturated rings. The van der Waals surface area contributed by atoms with Gasteiger partial charge in [0.05, 0.1) is 11.6 Å². The molecule has 0 aromatic rings. The Hall–Kier alpha value is 0.0569. The first kappa shape index (κ1) is 13.1. The largest absolute Gasteiger partial charge is 0.506 e. The molecule has 0 aliphatic rings. The molecule has 2 atom stereocenters. The SMILES string of the molecule is CCC(C(C)O)[Si](OC)(OC)OC. The number of hydrogen-bond acceptors (Lipinski definition) is 4. The highest BCUT2D eigenvalue weighted by molar-refractivity contribution is 6.62. The van der Waals surface area contributed by atoms with Crippen LogP contribution in [-0.2, 0) is 13.3 Å². The van der Waals surface area contributed by atoms with Crippen LogP contribution in [0.2, 0.25) is 5.54 Å². The fraction of sp³-hybridized carbons (Fsp3) is 1.00. The van der Waals surface area contributed by atoms with E-state index in [1.807, 2.05) is 6.92 Å². The molecule has 1 N–H and O–H groups in total. The summed E-state index contributed by atoms with van der Waals surface area (Å²) in [4.78, 5) is 0. The summed E-state index contributed by atoms with van der Waals surface area (Å²) in [6.45, 7) is 3.71. The molecule has 0 aromatic heterocycles. The topological polar surface area (TPSA) is 47.9 Å². The standard InChI is InChI=1S/C8H20O4Si/c1-6-8(7(2)9)13(10-3,11-4)12-5/h7-9H,6H2,1-5H3. The average molecular weight is 208 g/mol. The van der Waals surface area contributed by atoms with Gasteiger partial charge < -0.3 is 18.4 Å². The summed E-state index contributed by atoms with van der Waals surface area (Å²) in [5.41, 5.74) is -0.0625. The van der Waals surface area contributed by atoms with Crippen LogP contribution in [0.4, 0.5) is 0 Å². The van der Waals surface area contributed by atoms with Crippen LogP contribution >= 0.6 is 0 Å². The Balaban J connectivity index is 4.65. The molecule has 0 bridgehead atoms. The van der Waals surface area contributed by atoms with Crippen molar-refractivity contribution in [2.75, 3.05) is 21.3 Å². The zero-order chi connectivity index (χ0) is 10.5. The Bertz CT molecular complexity index is 128. The average Bonchev–Trinajstić information content (AvgIpc) is 2.13. The molecule has 0 saturated carbocycles. The van der Waals surface area contributed by atoms with Crippen molar-refractivity contribution in [3.05, 3.63) is 0 Å². The molecule has 0 saturated heterocycles. The molecule has 4 nitrogen and oxygen atoms in total. The Labute approximate surface area is 81.2 Å². The summed E-state index contributed by atoms with van der Waals surface area (Å²) in [6, 6.07) is 0. The molecule has 5 heteroatoms. The third-order valence-electron chi connectivity index (χ3n) is 2.33. The maximum absolute atomic E-state index is 9.54. The fourth-order valence-corrected chi connectivity index (χ4v) is 4.09. The molecule has 0 aliphatic carbocycles. The molecule has 0 radical (unpaired) electrons. The lowest BCUT2D eigenvalue weighted by Gasteiger charge is -2.33. The van der Waals surface area contributed by atoms with Gasteiger partial charge in [-0.3, -0.25) is 0 Å².